The van der Waals surface area contributed by atoms with Crippen molar-refractivity contribution >= 4 is 22.9 Å². The highest BCUT2D eigenvalue weighted by Crippen LogP contribution is 2.24. The van der Waals surface area contributed by atoms with Gasteiger partial charge in [-0.25, -0.2) is 4.98 Å². The normalized spacial score (nSPS) is 10.8. The standard InChI is InChI=1S/C21H18N4O/c26-20(11-10-16-12-14-22-15-13-16)24-21-23-18-8-4-5-9-19(18)25(21)17-6-2-1-3-7-17/h1-9,12-15H,10-11H2,(H,23,24,26). The van der Waals surface area contributed by atoms with Crippen LogP contribution in [-0.4, -0.2) is 20.4 Å². The Labute approximate surface area is 151 Å². The molecule has 0 aliphatic rings. The lowest BCUT2D eigenvalue weighted by Crippen LogP contribution is -2.15. The van der Waals surface area contributed by atoms with E-state index in [1.54, 1.807) is 12.4 Å². The topological polar surface area (TPSA) is 59.8 Å². The zero-order chi connectivity index (χ0) is 17.8. The molecule has 1 N–H and O–H groups in total. The van der Waals surface area contributed by atoms with Crippen LogP contribution in [0, 0.1) is 0 Å². The maximum absolute atomic E-state index is 12.5. The van der Waals surface area contributed by atoms with Crippen molar-refractivity contribution in [1.29, 1.82) is 0 Å². The molecular weight excluding hydrogens is 324 g/mol. The molecule has 0 fully saturated rings. The van der Waals surface area contributed by atoms with Crippen LogP contribution >= 0.6 is 0 Å². The van der Waals surface area contributed by atoms with E-state index in [1.807, 2.05) is 71.3 Å². The summed E-state index contributed by atoms with van der Waals surface area (Å²) < 4.78 is 1.97. The number of carbonyl (C=O) groups is 1. The molecule has 2 aromatic heterocycles. The molecule has 1 amide bonds. The molecule has 0 aliphatic carbocycles. The number of anilines is 1. The Kier molecular flexibility index (Phi) is 4.43. The zero-order valence-corrected chi connectivity index (χ0v) is 14.2. The van der Waals surface area contributed by atoms with Gasteiger partial charge in [0.15, 0.2) is 0 Å². The van der Waals surface area contributed by atoms with E-state index in [0.29, 0.717) is 18.8 Å². The number of aryl methyl sites for hydroxylation is 1. The van der Waals surface area contributed by atoms with E-state index >= 15 is 0 Å². The van der Waals surface area contributed by atoms with Crippen LogP contribution in [0.4, 0.5) is 5.95 Å². The monoisotopic (exact) mass is 342 g/mol. The summed E-state index contributed by atoms with van der Waals surface area (Å²) in [5.41, 5.74) is 3.86. The van der Waals surface area contributed by atoms with E-state index in [2.05, 4.69) is 15.3 Å². The number of hydrogen-bond acceptors (Lipinski definition) is 3. The first kappa shape index (κ1) is 16.0. The Morgan fingerprint density at radius 3 is 2.46 bits per heavy atom. The second kappa shape index (κ2) is 7.19. The molecule has 5 heteroatoms. The number of para-hydroxylation sites is 3. The molecule has 0 bridgehead atoms. The first-order valence-corrected chi connectivity index (χ1v) is 8.53. The van der Waals surface area contributed by atoms with Gasteiger partial charge < -0.3 is 0 Å². The van der Waals surface area contributed by atoms with Crippen LogP contribution in [0.1, 0.15) is 12.0 Å². The van der Waals surface area contributed by atoms with Crippen LogP contribution in [0.15, 0.2) is 79.1 Å². The van der Waals surface area contributed by atoms with Crippen molar-refractivity contribution in [3.8, 4) is 5.69 Å². The fourth-order valence-electron chi connectivity index (χ4n) is 2.94. The summed E-state index contributed by atoms with van der Waals surface area (Å²) in [7, 11) is 0. The maximum Gasteiger partial charge on any atom is 0.227 e. The number of nitrogens with one attached hydrogen (secondary N) is 1. The highest BCUT2D eigenvalue weighted by atomic mass is 16.1. The number of nitrogens with zero attached hydrogens (tertiary/aromatic N) is 3. The summed E-state index contributed by atoms with van der Waals surface area (Å²) in [4.78, 5) is 21.1. The predicted molar refractivity (Wildman–Crippen MR) is 102 cm³/mol. The SMILES string of the molecule is O=C(CCc1ccncc1)Nc1nc2ccccc2n1-c1ccccc1. The van der Waals surface area contributed by atoms with E-state index in [-0.39, 0.29) is 5.91 Å². The number of amides is 1. The lowest BCUT2D eigenvalue weighted by atomic mass is 10.1. The number of carbonyl (C=O) groups excluding carboxylic acids is 1. The van der Waals surface area contributed by atoms with E-state index in [9.17, 15) is 4.79 Å². The summed E-state index contributed by atoms with van der Waals surface area (Å²) in [5, 5.41) is 2.97. The fraction of sp³-hybridized carbons (Fsp3) is 0.0952. The van der Waals surface area contributed by atoms with E-state index in [1.165, 1.54) is 0 Å². The molecule has 4 aromatic rings. The van der Waals surface area contributed by atoms with Gasteiger partial charge in [0, 0.05) is 24.5 Å². The summed E-state index contributed by atoms with van der Waals surface area (Å²) in [6.45, 7) is 0. The first-order chi connectivity index (χ1) is 12.8. The Bertz CT molecular complexity index is 1030. The third-order valence-corrected chi connectivity index (χ3v) is 4.22. The van der Waals surface area contributed by atoms with Crippen LogP contribution < -0.4 is 5.32 Å². The van der Waals surface area contributed by atoms with E-state index in [4.69, 9.17) is 0 Å². The third kappa shape index (κ3) is 3.32. The van der Waals surface area contributed by atoms with Gasteiger partial charge in [0.25, 0.3) is 0 Å². The van der Waals surface area contributed by atoms with Crippen LogP contribution in [-0.2, 0) is 11.2 Å². The number of hydrogen-bond donors (Lipinski definition) is 1. The minimum atomic E-state index is -0.0608. The molecule has 0 radical (unpaired) electrons. The minimum absolute atomic E-state index is 0.0608. The van der Waals surface area contributed by atoms with Gasteiger partial charge in [-0.3, -0.25) is 19.7 Å². The average molecular weight is 342 g/mol. The average Bonchev–Trinajstić information content (AvgIpc) is 3.05. The molecule has 2 aromatic carbocycles. The van der Waals surface area contributed by atoms with Crippen LogP contribution in [0.25, 0.3) is 16.7 Å². The number of aromatic nitrogens is 3. The number of imidazole rings is 1. The maximum atomic E-state index is 12.5. The smallest absolute Gasteiger partial charge is 0.227 e. The lowest BCUT2D eigenvalue weighted by molar-refractivity contribution is -0.116. The summed E-state index contributed by atoms with van der Waals surface area (Å²) in [6.07, 6.45) is 4.53. The van der Waals surface area contributed by atoms with Crippen LogP contribution in [0.3, 0.4) is 0 Å². The number of rotatable bonds is 5. The summed E-state index contributed by atoms with van der Waals surface area (Å²) in [5.74, 6) is 0.478. The summed E-state index contributed by atoms with van der Waals surface area (Å²) >= 11 is 0. The second-order valence-electron chi connectivity index (χ2n) is 6.00. The number of benzene rings is 2. The molecule has 128 valence electrons. The van der Waals surface area contributed by atoms with Crippen molar-refractivity contribution in [2.45, 2.75) is 12.8 Å². The molecule has 0 saturated carbocycles. The van der Waals surface area contributed by atoms with E-state index in [0.717, 1.165) is 22.3 Å². The highest BCUT2D eigenvalue weighted by molar-refractivity contribution is 5.92. The van der Waals surface area contributed by atoms with Gasteiger partial charge in [-0.2, -0.15) is 0 Å². The highest BCUT2D eigenvalue weighted by Gasteiger charge is 2.14. The van der Waals surface area contributed by atoms with Gasteiger partial charge in [-0.05, 0) is 48.4 Å². The first-order valence-electron chi connectivity index (χ1n) is 8.53. The Hall–Kier alpha value is -3.47. The van der Waals surface area contributed by atoms with Crippen molar-refractivity contribution < 1.29 is 4.79 Å². The number of fused-ring (bicyclic) bond motifs is 1. The molecule has 0 unspecified atom stereocenters. The van der Waals surface area contributed by atoms with Gasteiger partial charge in [-0.1, -0.05) is 30.3 Å². The largest absolute Gasteiger partial charge is 0.296 e. The molecule has 0 aliphatic heterocycles. The molecule has 2 heterocycles. The van der Waals surface area contributed by atoms with Crippen molar-refractivity contribution in [2.24, 2.45) is 0 Å². The Morgan fingerprint density at radius 1 is 0.923 bits per heavy atom. The lowest BCUT2D eigenvalue weighted by Gasteiger charge is -2.10. The van der Waals surface area contributed by atoms with E-state index < -0.39 is 0 Å². The van der Waals surface area contributed by atoms with Gasteiger partial charge >= 0.3 is 0 Å². The van der Waals surface area contributed by atoms with Crippen molar-refractivity contribution in [3.63, 3.8) is 0 Å². The Balaban J connectivity index is 1.61. The fourth-order valence-corrected chi connectivity index (χ4v) is 2.94. The minimum Gasteiger partial charge on any atom is -0.296 e. The predicted octanol–water partition coefficient (Wildman–Crippen LogP) is 3.99. The zero-order valence-electron chi connectivity index (χ0n) is 14.2. The van der Waals surface area contributed by atoms with Gasteiger partial charge in [-0.15, -0.1) is 0 Å². The molecular formula is C21H18N4O. The molecule has 5 nitrogen and oxygen atoms in total. The van der Waals surface area contributed by atoms with Crippen LogP contribution in [0.5, 0.6) is 0 Å². The van der Waals surface area contributed by atoms with Gasteiger partial charge in [0.1, 0.15) is 0 Å². The molecule has 26 heavy (non-hydrogen) atoms. The van der Waals surface area contributed by atoms with Crippen LogP contribution in [0.2, 0.25) is 0 Å². The molecule has 4 rings (SSSR count). The quantitative estimate of drug-likeness (QED) is 0.596. The molecule has 0 saturated heterocycles. The summed E-state index contributed by atoms with van der Waals surface area (Å²) in [6, 6.07) is 21.6. The second-order valence-corrected chi connectivity index (χ2v) is 6.00. The third-order valence-electron chi connectivity index (χ3n) is 4.22. The Morgan fingerprint density at radius 2 is 1.65 bits per heavy atom. The number of pyridine rings is 1. The van der Waals surface area contributed by atoms with Gasteiger partial charge in [0.2, 0.25) is 11.9 Å². The van der Waals surface area contributed by atoms with Crippen molar-refractivity contribution in [2.75, 3.05) is 5.32 Å². The molecule has 0 spiro atoms. The molecule has 0 atom stereocenters. The van der Waals surface area contributed by atoms with Crippen molar-refractivity contribution in [1.82, 2.24) is 14.5 Å². The van der Waals surface area contributed by atoms with Crippen molar-refractivity contribution in [3.05, 3.63) is 84.7 Å². The van der Waals surface area contributed by atoms with Gasteiger partial charge in [0.05, 0.1) is 11.0 Å².